The van der Waals surface area contributed by atoms with Gasteiger partial charge in [-0.2, -0.15) is 0 Å². The van der Waals surface area contributed by atoms with Gasteiger partial charge in [0.05, 0.1) is 12.6 Å². The molecule has 2 aromatic carbocycles. The number of rotatable bonds is 14. The van der Waals surface area contributed by atoms with Crippen molar-refractivity contribution in [2.24, 2.45) is 22.7 Å². The van der Waals surface area contributed by atoms with Crippen LogP contribution in [0.1, 0.15) is 71.6 Å². The van der Waals surface area contributed by atoms with E-state index in [9.17, 15) is 33.6 Å². The van der Waals surface area contributed by atoms with Gasteiger partial charge in [0.15, 0.2) is 0 Å². The van der Waals surface area contributed by atoms with E-state index in [1.807, 2.05) is 34.6 Å². The molecule has 1 saturated carbocycles. The Hall–Kier alpha value is -5.71. The van der Waals surface area contributed by atoms with Gasteiger partial charge in [-0.1, -0.05) is 84.2 Å². The van der Waals surface area contributed by atoms with Gasteiger partial charge >= 0.3 is 6.03 Å². The molecule has 1 aliphatic carbocycles. The van der Waals surface area contributed by atoms with E-state index < -0.39 is 71.6 Å². The number of carbonyl (C=O) groups excluding carboxylic acids is 7. The summed E-state index contributed by atoms with van der Waals surface area (Å²) in [5.41, 5.74) is 0.655. The van der Waals surface area contributed by atoms with E-state index in [0.717, 1.165) is 0 Å². The molecule has 2 fully saturated rings. The molecule has 1 saturated heterocycles. The number of nitrogens with zero attached hydrogens (tertiary/aromatic N) is 2. The molecule has 3 unspecified atom stereocenters. The molecule has 4 rings (SSSR count). The van der Waals surface area contributed by atoms with Crippen molar-refractivity contribution in [2.45, 2.75) is 78.6 Å². The lowest BCUT2D eigenvalue weighted by Crippen LogP contribution is -2.61. The molecule has 0 aromatic heterocycles. The lowest BCUT2D eigenvalue weighted by atomic mass is 9.85. The SMILES string of the molecule is C#Cc1ccc(NC(=O)N[C@H](C(=O)N2CC3C([C@H]2C(=O)NC(CCC)C(=O)C(=O)NCC(=O)N[C@H](C(=O)N(C)C)c2ccccc2)C3(C)C)C(C)(C)C)cc1. The van der Waals surface area contributed by atoms with Crippen LogP contribution in [0, 0.1) is 35.0 Å². The third-order valence-electron chi connectivity index (χ3n) is 10.4. The van der Waals surface area contributed by atoms with Crippen molar-refractivity contribution in [3.8, 4) is 12.3 Å². The van der Waals surface area contributed by atoms with Crippen LogP contribution in [0.2, 0.25) is 0 Å². The number of nitrogens with one attached hydrogen (secondary N) is 5. The predicted molar refractivity (Wildman–Crippen MR) is 207 cm³/mol. The summed E-state index contributed by atoms with van der Waals surface area (Å²) in [7, 11) is 3.11. The number of Topliss-reactive ketones (excluding diaryl/α,β-unsaturated/α-hetero) is 1. The monoisotopic (exact) mass is 755 g/mol. The number of hydrogen-bond donors (Lipinski definition) is 5. The van der Waals surface area contributed by atoms with E-state index in [2.05, 4.69) is 32.5 Å². The number of piperidine rings is 1. The fraction of sp³-hybridized carbons (Fsp3) is 0.488. The zero-order valence-electron chi connectivity index (χ0n) is 32.8. The summed E-state index contributed by atoms with van der Waals surface area (Å²) in [5.74, 6) is -1.82. The molecule has 7 amide bonds. The van der Waals surface area contributed by atoms with Gasteiger partial charge in [-0.25, -0.2) is 4.79 Å². The van der Waals surface area contributed by atoms with Crippen LogP contribution in [0.5, 0.6) is 0 Å². The van der Waals surface area contributed by atoms with Gasteiger partial charge in [-0.3, -0.25) is 28.8 Å². The summed E-state index contributed by atoms with van der Waals surface area (Å²) in [6.45, 7) is 11.0. The fourth-order valence-electron chi connectivity index (χ4n) is 7.20. The van der Waals surface area contributed by atoms with Crippen molar-refractivity contribution in [1.82, 2.24) is 31.1 Å². The van der Waals surface area contributed by atoms with Gasteiger partial charge in [-0.15, -0.1) is 6.42 Å². The molecule has 6 atom stereocenters. The number of hydrogen-bond acceptors (Lipinski definition) is 7. The molecular formula is C41H53N7O7. The van der Waals surface area contributed by atoms with Crippen LogP contribution in [0.4, 0.5) is 10.5 Å². The van der Waals surface area contributed by atoms with Crippen molar-refractivity contribution in [3.63, 3.8) is 0 Å². The van der Waals surface area contributed by atoms with Crippen molar-refractivity contribution < 1.29 is 33.6 Å². The normalized spacial score (nSPS) is 19.6. The number of likely N-dealkylation sites (N-methyl/N-ethyl adjacent to an activating group) is 1. The molecule has 2 aliphatic rings. The van der Waals surface area contributed by atoms with Crippen LogP contribution in [-0.2, 0) is 28.8 Å². The number of terminal acetylenes is 1. The van der Waals surface area contributed by atoms with E-state index in [0.29, 0.717) is 23.2 Å². The number of likely N-dealkylation sites (tertiary alicyclic amines) is 1. The second-order valence-corrected chi connectivity index (χ2v) is 16.0. The number of amides is 7. The first-order valence-corrected chi connectivity index (χ1v) is 18.4. The van der Waals surface area contributed by atoms with Gasteiger partial charge in [0, 0.05) is 31.9 Å². The van der Waals surface area contributed by atoms with Crippen molar-refractivity contribution in [1.29, 1.82) is 0 Å². The average molecular weight is 756 g/mol. The van der Waals surface area contributed by atoms with E-state index >= 15 is 0 Å². The van der Waals surface area contributed by atoms with Crippen LogP contribution < -0.4 is 26.6 Å². The maximum absolute atomic E-state index is 14.3. The van der Waals surface area contributed by atoms with Gasteiger partial charge in [-0.05, 0) is 58.9 Å². The van der Waals surface area contributed by atoms with Gasteiger partial charge < -0.3 is 36.4 Å². The lowest BCUT2D eigenvalue weighted by Gasteiger charge is -2.38. The van der Waals surface area contributed by atoms with Crippen LogP contribution in [0.15, 0.2) is 54.6 Å². The second kappa shape index (κ2) is 17.2. The van der Waals surface area contributed by atoms with Crippen molar-refractivity contribution in [3.05, 3.63) is 65.7 Å². The van der Waals surface area contributed by atoms with Crippen molar-refractivity contribution >= 4 is 47.0 Å². The number of urea groups is 1. The Morgan fingerprint density at radius 3 is 2.15 bits per heavy atom. The zero-order valence-corrected chi connectivity index (χ0v) is 32.8. The van der Waals surface area contributed by atoms with E-state index in [1.54, 1.807) is 75.6 Å². The zero-order chi connectivity index (χ0) is 40.8. The number of benzene rings is 2. The molecule has 1 aliphatic heterocycles. The topological polar surface area (TPSA) is 186 Å². The van der Waals surface area contributed by atoms with Crippen LogP contribution in [0.25, 0.3) is 0 Å². The smallest absolute Gasteiger partial charge is 0.319 e. The van der Waals surface area contributed by atoms with E-state index in [1.165, 1.54) is 9.80 Å². The predicted octanol–water partition coefficient (Wildman–Crippen LogP) is 2.60. The Labute approximate surface area is 322 Å². The molecule has 14 heteroatoms. The van der Waals surface area contributed by atoms with Crippen LogP contribution in [-0.4, -0.2) is 96.5 Å². The third-order valence-corrected chi connectivity index (χ3v) is 10.4. The van der Waals surface area contributed by atoms with Crippen LogP contribution >= 0.6 is 0 Å². The number of anilines is 1. The molecule has 0 radical (unpaired) electrons. The lowest BCUT2D eigenvalue weighted by molar-refractivity contribution is -0.145. The largest absolute Gasteiger partial charge is 0.347 e. The highest BCUT2D eigenvalue weighted by molar-refractivity contribution is 6.38. The minimum Gasteiger partial charge on any atom is -0.347 e. The summed E-state index contributed by atoms with van der Waals surface area (Å²) >= 11 is 0. The minimum atomic E-state index is -1.23. The molecule has 5 N–H and O–H groups in total. The average Bonchev–Trinajstić information content (AvgIpc) is 3.43. The summed E-state index contributed by atoms with van der Waals surface area (Å²) < 4.78 is 0. The van der Waals surface area contributed by atoms with E-state index in [-0.39, 0.29) is 36.1 Å². The quantitative estimate of drug-likeness (QED) is 0.145. The minimum absolute atomic E-state index is 0.0116. The Balaban J connectivity index is 1.44. The first kappa shape index (κ1) is 42.0. The summed E-state index contributed by atoms with van der Waals surface area (Å²) in [6, 6.07) is 10.5. The molecule has 55 heavy (non-hydrogen) atoms. The Bertz CT molecular complexity index is 1830. The number of fused-ring (bicyclic) bond motifs is 1. The highest BCUT2D eigenvalue weighted by Gasteiger charge is 2.70. The van der Waals surface area contributed by atoms with E-state index in [4.69, 9.17) is 6.42 Å². The fourth-order valence-corrected chi connectivity index (χ4v) is 7.20. The molecule has 1 heterocycles. The Morgan fingerprint density at radius 2 is 1.58 bits per heavy atom. The van der Waals surface area contributed by atoms with Gasteiger partial charge in [0.2, 0.25) is 29.4 Å². The molecule has 2 aromatic rings. The third kappa shape index (κ3) is 9.89. The molecule has 0 bridgehead atoms. The first-order chi connectivity index (χ1) is 25.8. The molecule has 294 valence electrons. The van der Waals surface area contributed by atoms with Gasteiger partial charge in [0.25, 0.3) is 5.91 Å². The van der Waals surface area contributed by atoms with Crippen LogP contribution in [0.3, 0.4) is 0 Å². The molecule has 14 nitrogen and oxygen atoms in total. The maximum atomic E-state index is 14.3. The Kier molecular flexibility index (Phi) is 13.1. The van der Waals surface area contributed by atoms with Crippen molar-refractivity contribution in [2.75, 3.05) is 32.5 Å². The van der Waals surface area contributed by atoms with Gasteiger partial charge in [0.1, 0.15) is 18.1 Å². The Morgan fingerprint density at radius 1 is 0.945 bits per heavy atom. The maximum Gasteiger partial charge on any atom is 0.319 e. The number of carbonyl (C=O) groups is 7. The molecular weight excluding hydrogens is 702 g/mol. The standard InChI is InChI=1S/C41H53N7O7/c1-10-15-28(33(50)36(52)42-22-29(49)45-31(37(53)47(8)9)25-16-13-12-14-17-25)44-35(51)32-30-27(41(30,6)7)23-48(32)38(54)34(40(3,4)5)46-39(55)43-26-20-18-24(11-2)19-21-26/h2,12-14,16-21,27-28,30-32,34H,10,15,22-23H2,1,3-9H3,(H,42,52)(H,44,51)(H,45,49)(H2,43,46,55)/t27?,28?,30?,31-,32-,34+/m0/s1. The molecule has 0 spiro atoms. The first-order valence-electron chi connectivity index (χ1n) is 18.4. The number of ketones is 1. The summed E-state index contributed by atoms with van der Waals surface area (Å²) in [6.07, 6.45) is 6.00. The second-order valence-electron chi connectivity index (χ2n) is 16.0. The highest BCUT2D eigenvalue weighted by Crippen LogP contribution is 2.65. The summed E-state index contributed by atoms with van der Waals surface area (Å²) in [4.78, 5) is 96.6. The highest BCUT2D eigenvalue weighted by atomic mass is 16.2. The summed E-state index contributed by atoms with van der Waals surface area (Å²) in [5, 5.41) is 13.2.